The fourth-order valence-electron chi connectivity index (χ4n) is 3.28. The number of rotatable bonds is 4. The van der Waals surface area contributed by atoms with Crippen LogP contribution in [0.25, 0.3) is 0 Å². The maximum atomic E-state index is 15.5. The fourth-order valence-corrected chi connectivity index (χ4v) is 3.28. The fraction of sp³-hybridized carbons (Fsp3) is 0.368. The molecule has 1 aliphatic carbocycles. The van der Waals surface area contributed by atoms with Crippen molar-refractivity contribution in [3.63, 3.8) is 0 Å². The van der Waals surface area contributed by atoms with Gasteiger partial charge in [0.2, 0.25) is 5.67 Å². The van der Waals surface area contributed by atoms with Gasteiger partial charge in [0.25, 0.3) is 5.91 Å². The van der Waals surface area contributed by atoms with Gasteiger partial charge in [-0.3, -0.25) is 9.78 Å². The molecule has 1 heterocycles. The van der Waals surface area contributed by atoms with E-state index in [1.54, 1.807) is 0 Å². The Morgan fingerprint density at radius 1 is 1.39 bits per heavy atom. The summed E-state index contributed by atoms with van der Waals surface area (Å²) >= 11 is 0. The number of methoxy groups -OCH3 is 1. The molecule has 0 radical (unpaired) electrons. The van der Waals surface area contributed by atoms with Gasteiger partial charge in [-0.1, -0.05) is 12.1 Å². The van der Waals surface area contributed by atoms with E-state index in [4.69, 9.17) is 4.74 Å². The van der Waals surface area contributed by atoms with Crippen LogP contribution in [0, 0.1) is 0 Å². The minimum Gasteiger partial charge on any atom is -0.497 e. The molecule has 0 saturated carbocycles. The number of benzene rings is 1. The highest BCUT2D eigenvalue weighted by atomic mass is 19.4. The summed E-state index contributed by atoms with van der Waals surface area (Å²) in [5.74, 6) is -1.05. The van der Waals surface area contributed by atoms with Crippen LogP contribution in [0.15, 0.2) is 36.5 Å². The summed E-state index contributed by atoms with van der Waals surface area (Å²) in [6.07, 6.45) is -4.60. The molecule has 2 aromatic rings. The highest BCUT2D eigenvalue weighted by Gasteiger charge is 2.46. The van der Waals surface area contributed by atoms with Crippen LogP contribution in [0.2, 0.25) is 0 Å². The molecule has 2 atom stereocenters. The number of amides is 1. The van der Waals surface area contributed by atoms with E-state index < -0.39 is 36.0 Å². The second-order valence-corrected chi connectivity index (χ2v) is 6.50. The Hall–Kier alpha value is -2.68. The van der Waals surface area contributed by atoms with Crippen LogP contribution in [-0.2, 0) is 23.2 Å². The lowest BCUT2D eigenvalue weighted by molar-refractivity contribution is -0.139. The first kappa shape index (κ1) is 20.1. The van der Waals surface area contributed by atoms with Gasteiger partial charge in [-0.25, -0.2) is 4.39 Å². The molecule has 3 rings (SSSR count). The number of hydrogen-bond acceptors (Lipinski definition) is 4. The van der Waals surface area contributed by atoms with Crippen molar-refractivity contribution in [1.29, 1.82) is 0 Å². The molecule has 9 heteroatoms. The van der Waals surface area contributed by atoms with Gasteiger partial charge in [-0.15, -0.1) is 0 Å². The Labute approximate surface area is 158 Å². The van der Waals surface area contributed by atoms with E-state index >= 15 is 4.39 Å². The molecule has 0 bridgehead atoms. The minimum atomic E-state index is -4.66. The van der Waals surface area contributed by atoms with E-state index in [1.807, 2.05) is 0 Å². The number of ether oxygens (including phenoxy) is 1. The van der Waals surface area contributed by atoms with E-state index in [1.165, 1.54) is 37.6 Å². The highest BCUT2D eigenvalue weighted by molar-refractivity contribution is 5.87. The van der Waals surface area contributed by atoms with Crippen LogP contribution in [0.3, 0.4) is 0 Å². The lowest BCUT2D eigenvalue weighted by Crippen LogP contribution is -2.44. The Balaban J connectivity index is 1.85. The van der Waals surface area contributed by atoms with Crippen LogP contribution in [-0.4, -0.2) is 23.1 Å². The molecule has 1 amide bonds. The van der Waals surface area contributed by atoms with Gasteiger partial charge in [0.15, 0.2) is 0 Å². The number of hydrogen-bond donors (Lipinski definition) is 2. The summed E-state index contributed by atoms with van der Waals surface area (Å²) in [5, 5.41) is 12.2. The quantitative estimate of drug-likeness (QED) is 0.775. The molecule has 1 aromatic heterocycles. The first-order chi connectivity index (χ1) is 13.2. The maximum Gasteiger partial charge on any atom is 0.416 e. The number of alkyl halides is 4. The second-order valence-electron chi connectivity index (χ2n) is 6.50. The molecule has 2 N–H and O–H groups in total. The zero-order valence-electron chi connectivity index (χ0n) is 14.9. The number of aromatic nitrogens is 1. The molecule has 0 unspecified atom stereocenters. The number of carbonyl (C=O) groups excluding carboxylic acids is 1. The minimum absolute atomic E-state index is 0.0191. The van der Waals surface area contributed by atoms with Gasteiger partial charge in [-0.05, 0) is 36.6 Å². The van der Waals surface area contributed by atoms with Crippen LogP contribution in [0.1, 0.15) is 41.3 Å². The number of carbonyl (C=O) groups is 1. The van der Waals surface area contributed by atoms with Gasteiger partial charge in [0, 0.05) is 18.3 Å². The Bertz CT molecular complexity index is 888. The lowest BCUT2D eigenvalue weighted by Gasteiger charge is -2.32. The number of aliphatic hydroxyl groups excluding tert-OH is 1. The van der Waals surface area contributed by atoms with Crippen molar-refractivity contribution in [2.75, 3.05) is 7.11 Å². The maximum absolute atomic E-state index is 15.5. The molecule has 0 fully saturated rings. The van der Waals surface area contributed by atoms with Crippen molar-refractivity contribution < 1.29 is 32.2 Å². The summed E-state index contributed by atoms with van der Waals surface area (Å²) in [5.41, 5.74) is -3.68. The number of fused-ring (bicyclic) bond motifs is 1. The largest absolute Gasteiger partial charge is 0.497 e. The van der Waals surface area contributed by atoms with Crippen molar-refractivity contribution in [1.82, 2.24) is 10.3 Å². The normalized spacial score (nSPS) is 21.7. The first-order valence-electron chi connectivity index (χ1n) is 8.51. The Morgan fingerprint density at radius 2 is 2.14 bits per heavy atom. The molecular weight excluding hydrogens is 380 g/mol. The average molecular weight is 398 g/mol. The van der Waals surface area contributed by atoms with E-state index in [2.05, 4.69) is 10.3 Å². The third-order valence-corrected chi connectivity index (χ3v) is 4.77. The van der Waals surface area contributed by atoms with E-state index in [0.29, 0.717) is 0 Å². The summed E-state index contributed by atoms with van der Waals surface area (Å²) < 4.78 is 60.1. The highest BCUT2D eigenvalue weighted by Crippen LogP contribution is 2.42. The molecule has 150 valence electrons. The zero-order valence-corrected chi connectivity index (χ0v) is 14.9. The predicted octanol–water partition coefficient (Wildman–Crippen LogP) is 3.42. The molecule has 0 saturated heterocycles. The molecule has 1 aliphatic rings. The van der Waals surface area contributed by atoms with Crippen molar-refractivity contribution >= 4 is 5.91 Å². The smallest absolute Gasteiger partial charge is 0.416 e. The standard InChI is InChI=1S/C19H18F4N2O3/c1-28-12-5-4-11(14(9-12)19(21,22)23)10-25-17(27)18(20)7-6-15(26)16-13(18)3-2-8-24-16/h2-5,8-9,15,26H,6-7,10H2,1H3,(H,25,27)/t15-,18-/m0/s1. The third-order valence-electron chi connectivity index (χ3n) is 4.77. The van der Waals surface area contributed by atoms with Crippen LogP contribution in [0.5, 0.6) is 5.75 Å². The van der Waals surface area contributed by atoms with Gasteiger partial charge in [0.05, 0.1) is 24.5 Å². The summed E-state index contributed by atoms with van der Waals surface area (Å²) in [4.78, 5) is 16.5. The number of nitrogens with one attached hydrogen (secondary N) is 1. The SMILES string of the molecule is COc1ccc(CNC(=O)[C@]2(F)CC[C@H](O)c3ncccc32)c(C(F)(F)F)c1. The van der Waals surface area contributed by atoms with Crippen molar-refractivity contribution in [3.05, 3.63) is 58.9 Å². The van der Waals surface area contributed by atoms with Gasteiger partial charge >= 0.3 is 6.18 Å². The number of nitrogens with zero attached hydrogens (tertiary/aromatic N) is 1. The first-order valence-corrected chi connectivity index (χ1v) is 8.51. The second kappa shape index (κ2) is 7.38. The predicted molar refractivity (Wildman–Crippen MR) is 91.1 cm³/mol. The Morgan fingerprint density at radius 3 is 2.82 bits per heavy atom. The van der Waals surface area contributed by atoms with E-state index in [9.17, 15) is 23.1 Å². The summed E-state index contributed by atoms with van der Waals surface area (Å²) in [6.45, 7) is -0.512. The zero-order chi connectivity index (χ0) is 20.5. The van der Waals surface area contributed by atoms with Crippen molar-refractivity contribution in [2.24, 2.45) is 0 Å². The monoisotopic (exact) mass is 398 g/mol. The van der Waals surface area contributed by atoms with E-state index in [0.717, 1.165) is 6.07 Å². The Kier molecular flexibility index (Phi) is 5.29. The third kappa shape index (κ3) is 3.66. The molecule has 5 nitrogen and oxygen atoms in total. The molecule has 0 aliphatic heterocycles. The van der Waals surface area contributed by atoms with Gasteiger partial charge in [0.1, 0.15) is 5.75 Å². The van der Waals surface area contributed by atoms with Gasteiger partial charge in [-0.2, -0.15) is 13.2 Å². The lowest BCUT2D eigenvalue weighted by atomic mass is 9.81. The van der Waals surface area contributed by atoms with E-state index in [-0.39, 0.29) is 35.4 Å². The summed E-state index contributed by atoms with van der Waals surface area (Å²) in [6, 6.07) is 6.11. The number of aliphatic hydroxyl groups is 1. The molecule has 28 heavy (non-hydrogen) atoms. The molecule has 0 spiro atoms. The van der Waals surface area contributed by atoms with Crippen LogP contribution < -0.4 is 10.1 Å². The average Bonchev–Trinajstić information content (AvgIpc) is 2.68. The topological polar surface area (TPSA) is 71.5 Å². The van der Waals surface area contributed by atoms with Crippen LogP contribution in [0.4, 0.5) is 17.6 Å². The van der Waals surface area contributed by atoms with Crippen molar-refractivity contribution in [2.45, 2.75) is 37.3 Å². The van der Waals surface area contributed by atoms with Gasteiger partial charge < -0.3 is 15.2 Å². The number of pyridine rings is 1. The van der Waals surface area contributed by atoms with Crippen molar-refractivity contribution in [3.8, 4) is 5.75 Å². The molecule has 1 aromatic carbocycles. The van der Waals surface area contributed by atoms with Crippen LogP contribution >= 0.6 is 0 Å². The molecular formula is C19H18F4N2O3. The summed E-state index contributed by atoms with van der Waals surface area (Å²) in [7, 11) is 1.24. The number of halogens is 4.